The first kappa shape index (κ1) is 15.1. The Morgan fingerprint density at radius 1 is 1.14 bits per heavy atom. The summed E-state index contributed by atoms with van der Waals surface area (Å²) in [7, 11) is 0. The van der Waals surface area contributed by atoms with Crippen LogP contribution in [0.25, 0.3) is 0 Å². The van der Waals surface area contributed by atoms with E-state index in [1.807, 2.05) is 30.3 Å². The van der Waals surface area contributed by atoms with Crippen LogP contribution in [0.1, 0.15) is 37.5 Å². The van der Waals surface area contributed by atoms with Crippen molar-refractivity contribution in [1.82, 2.24) is 0 Å². The summed E-state index contributed by atoms with van der Waals surface area (Å²) in [5, 5.41) is 8.82. The van der Waals surface area contributed by atoms with E-state index in [4.69, 9.17) is 10.00 Å². The van der Waals surface area contributed by atoms with Gasteiger partial charge in [0, 0.05) is 5.56 Å². The Kier molecular flexibility index (Phi) is 4.28. The van der Waals surface area contributed by atoms with Crippen LogP contribution < -0.4 is 4.74 Å². The fraction of sp³-hybridized carbons (Fsp3) is 0.278. The largest absolute Gasteiger partial charge is 0.489 e. The number of nitrogens with zero attached hydrogens (tertiary/aromatic N) is 1. The summed E-state index contributed by atoms with van der Waals surface area (Å²) in [6, 6.07) is 14.4. The first-order chi connectivity index (χ1) is 9.91. The Bertz CT molecular complexity index is 680. The first-order valence-corrected chi connectivity index (χ1v) is 6.82. The van der Waals surface area contributed by atoms with E-state index in [0.29, 0.717) is 11.3 Å². The van der Waals surface area contributed by atoms with E-state index < -0.39 is 5.82 Å². The topological polar surface area (TPSA) is 33.0 Å². The van der Waals surface area contributed by atoms with Crippen molar-refractivity contribution in [2.75, 3.05) is 0 Å². The molecule has 0 fully saturated rings. The quantitative estimate of drug-likeness (QED) is 0.826. The second-order valence-corrected chi connectivity index (χ2v) is 5.96. The molecule has 108 valence electrons. The summed E-state index contributed by atoms with van der Waals surface area (Å²) >= 11 is 0. The predicted molar refractivity (Wildman–Crippen MR) is 80.6 cm³/mol. The van der Waals surface area contributed by atoms with Crippen LogP contribution in [0.4, 0.5) is 4.39 Å². The molecule has 0 aliphatic carbocycles. The lowest BCUT2D eigenvalue weighted by atomic mass is 9.87. The van der Waals surface area contributed by atoms with Crippen LogP contribution in [0.3, 0.4) is 0 Å². The number of ether oxygens (including phenoxy) is 1. The molecule has 0 bridgehead atoms. The van der Waals surface area contributed by atoms with E-state index in [1.54, 1.807) is 12.1 Å². The van der Waals surface area contributed by atoms with Crippen molar-refractivity contribution in [3.8, 4) is 11.8 Å². The highest BCUT2D eigenvalue weighted by Crippen LogP contribution is 2.26. The third-order valence-corrected chi connectivity index (χ3v) is 3.29. The molecule has 0 unspecified atom stereocenters. The molecule has 0 radical (unpaired) electrons. The summed E-state index contributed by atoms with van der Waals surface area (Å²) in [4.78, 5) is 0. The minimum Gasteiger partial charge on any atom is -0.489 e. The van der Waals surface area contributed by atoms with Crippen molar-refractivity contribution in [2.45, 2.75) is 32.8 Å². The van der Waals surface area contributed by atoms with E-state index in [0.717, 1.165) is 5.56 Å². The van der Waals surface area contributed by atoms with E-state index in [-0.39, 0.29) is 17.6 Å². The van der Waals surface area contributed by atoms with Gasteiger partial charge in [0.05, 0.1) is 5.56 Å². The fourth-order valence-corrected chi connectivity index (χ4v) is 1.99. The number of hydrogen-bond donors (Lipinski definition) is 0. The minimum atomic E-state index is -0.507. The van der Waals surface area contributed by atoms with Crippen LogP contribution >= 0.6 is 0 Å². The summed E-state index contributed by atoms with van der Waals surface area (Å²) in [5.41, 5.74) is 1.62. The molecule has 3 heteroatoms. The molecular formula is C18H18FNO. The molecule has 0 N–H and O–H groups in total. The Hall–Kier alpha value is -2.34. The molecule has 0 atom stereocenters. The van der Waals surface area contributed by atoms with Crippen LogP contribution in [0.15, 0.2) is 42.5 Å². The van der Waals surface area contributed by atoms with Gasteiger partial charge in [-0.05, 0) is 29.2 Å². The van der Waals surface area contributed by atoms with Gasteiger partial charge in [-0.3, -0.25) is 0 Å². The molecule has 2 aromatic rings. The summed E-state index contributed by atoms with van der Waals surface area (Å²) < 4.78 is 19.6. The molecule has 2 aromatic carbocycles. The molecule has 0 spiro atoms. The van der Waals surface area contributed by atoms with Gasteiger partial charge in [-0.15, -0.1) is 0 Å². The Labute approximate surface area is 124 Å². The third kappa shape index (κ3) is 3.61. The first-order valence-electron chi connectivity index (χ1n) is 6.82. The standard InChI is InChI=1S/C18H18FNO/c1-18(2,3)15-8-5-9-16(10-15)21-12-14-7-4-6-13(11-20)17(14)19/h4-10H,12H2,1-3H3. The van der Waals surface area contributed by atoms with Gasteiger partial charge in [0.1, 0.15) is 24.2 Å². The van der Waals surface area contributed by atoms with Crippen molar-refractivity contribution in [3.63, 3.8) is 0 Å². The SMILES string of the molecule is CC(C)(C)c1cccc(OCc2cccc(C#N)c2F)c1. The smallest absolute Gasteiger partial charge is 0.147 e. The van der Waals surface area contributed by atoms with Crippen LogP contribution in [0.2, 0.25) is 0 Å². The summed E-state index contributed by atoms with van der Waals surface area (Å²) in [5.74, 6) is 0.191. The van der Waals surface area contributed by atoms with Crippen LogP contribution in [-0.2, 0) is 12.0 Å². The van der Waals surface area contributed by atoms with Gasteiger partial charge in [0.25, 0.3) is 0 Å². The van der Waals surface area contributed by atoms with Crippen molar-refractivity contribution in [3.05, 3.63) is 65.0 Å². The molecule has 0 saturated heterocycles. The molecule has 2 nitrogen and oxygen atoms in total. The third-order valence-electron chi connectivity index (χ3n) is 3.29. The lowest BCUT2D eigenvalue weighted by Crippen LogP contribution is -2.11. The van der Waals surface area contributed by atoms with Crippen molar-refractivity contribution >= 4 is 0 Å². The van der Waals surface area contributed by atoms with Gasteiger partial charge < -0.3 is 4.74 Å². The predicted octanol–water partition coefficient (Wildman–Crippen LogP) is 4.57. The van der Waals surface area contributed by atoms with E-state index >= 15 is 0 Å². The maximum atomic E-state index is 13.9. The van der Waals surface area contributed by atoms with E-state index in [9.17, 15) is 4.39 Å². The molecule has 0 aromatic heterocycles. The average molecular weight is 283 g/mol. The number of benzene rings is 2. The average Bonchev–Trinajstić information content (AvgIpc) is 2.45. The van der Waals surface area contributed by atoms with Gasteiger partial charge in [-0.25, -0.2) is 4.39 Å². The summed E-state index contributed by atoms with van der Waals surface area (Å²) in [6.07, 6.45) is 0. The highest BCUT2D eigenvalue weighted by Gasteiger charge is 2.14. The van der Waals surface area contributed by atoms with Gasteiger partial charge >= 0.3 is 0 Å². The van der Waals surface area contributed by atoms with E-state index in [2.05, 4.69) is 20.8 Å². The second-order valence-electron chi connectivity index (χ2n) is 5.96. The Morgan fingerprint density at radius 2 is 1.86 bits per heavy atom. The Morgan fingerprint density at radius 3 is 2.52 bits per heavy atom. The molecule has 0 heterocycles. The number of halogens is 1. The molecular weight excluding hydrogens is 265 g/mol. The summed E-state index contributed by atoms with van der Waals surface area (Å²) in [6.45, 7) is 6.49. The molecule has 2 rings (SSSR count). The van der Waals surface area contributed by atoms with Crippen molar-refractivity contribution in [2.24, 2.45) is 0 Å². The van der Waals surface area contributed by atoms with Crippen LogP contribution in [0.5, 0.6) is 5.75 Å². The molecule has 21 heavy (non-hydrogen) atoms. The molecule has 0 saturated carbocycles. The Balaban J connectivity index is 2.16. The number of nitriles is 1. The molecule has 0 aliphatic rings. The zero-order chi connectivity index (χ0) is 15.5. The van der Waals surface area contributed by atoms with E-state index in [1.165, 1.54) is 6.07 Å². The van der Waals surface area contributed by atoms with Crippen LogP contribution in [-0.4, -0.2) is 0 Å². The van der Waals surface area contributed by atoms with Gasteiger partial charge in [-0.2, -0.15) is 5.26 Å². The zero-order valence-corrected chi connectivity index (χ0v) is 12.5. The zero-order valence-electron chi connectivity index (χ0n) is 12.5. The van der Waals surface area contributed by atoms with Crippen molar-refractivity contribution < 1.29 is 9.13 Å². The van der Waals surface area contributed by atoms with Gasteiger partial charge in [0.15, 0.2) is 0 Å². The molecule has 0 amide bonds. The fourth-order valence-electron chi connectivity index (χ4n) is 1.99. The lowest BCUT2D eigenvalue weighted by Gasteiger charge is -2.19. The monoisotopic (exact) mass is 283 g/mol. The second kappa shape index (κ2) is 5.97. The molecule has 0 aliphatic heterocycles. The highest BCUT2D eigenvalue weighted by molar-refractivity contribution is 5.36. The van der Waals surface area contributed by atoms with Crippen LogP contribution in [0, 0.1) is 17.1 Å². The number of rotatable bonds is 3. The minimum absolute atomic E-state index is 0.0331. The van der Waals surface area contributed by atoms with Crippen molar-refractivity contribution in [1.29, 1.82) is 5.26 Å². The highest BCUT2D eigenvalue weighted by atomic mass is 19.1. The van der Waals surface area contributed by atoms with Gasteiger partial charge in [-0.1, -0.05) is 45.0 Å². The maximum absolute atomic E-state index is 13.9. The number of hydrogen-bond acceptors (Lipinski definition) is 2. The normalized spacial score (nSPS) is 11.0. The lowest BCUT2D eigenvalue weighted by molar-refractivity contribution is 0.299. The maximum Gasteiger partial charge on any atom is 0.147 e. The van der Waals surface area contributed by atoms with Gasteiger partial charge in [0.2, 0.25) is 0 Å².